The molecule has 0 aromatic heterocycles. The molecule has 0 aliphatic carbocycles. The summed E-state index contributed by atoms with van der Waals surface area (Å²) < 4.78 is 33.3. The van der Waals surface area contributed by atoms with Crippen LogP contribution in [0.2, 0.25) is 5.02 Å². The van der Waals surface area contributed by atoms with Crippen LogP contribution in [0.3, 0.4) is 0 Å². The Morgan fingerprint density at radius 2 is 1.70 bits per heavy atom. The van der Waals surface area contributed by atoms with E-state index in [4.69, 9.17) is 16.3 Å². The molecule has 0 radical (unpaired) electrons. The van der Waals surface area contributed by atoms with Gasteiger partial charge in [-0.25, -0.2) is 8.42 Å². The summed E-state index contributed by atoms with van der Waals surface area (Å²) in [4.78, 5) is 12.5. The molecule has 0 unspecified atom stereocenters. The molecule has 0 aliphatic heterocycles. The summed E-state index contributed by atoms with van der Waals surface area (Å²) in [7, 11) is -3.74. The van der Waals surface area contributed by atoms with E-state index < -0.39 is 16.1 Å². The summed E-state index contributed by atoms with van der Waals surface area (Å²) in [6, 6.07) is 19.8. The van der Waals surface area contributed by atoms with Crippen LogP contribution >= 0.6 is 11.6 Å². The van der Waals surface area contributed by atoms with Gasteiger partial charge < -0.3 is 10.1 Å². The van der Waals surface area contributed by atoms with E-state index in [-0.39, 0.29) is 10.8 Å². The minimum absolute atomic E-state index is 0.0898. The van der Waals surface area contributed by atoms with Gasteiger partial charge in [0.1, 0.15) is 5.75 Å². The predicted molar refractivity (Wildman–Crippen MR) is 119 cm³/mol. The average molecular weight is 445 g/mol. The van der Waals surface area contributed by atoms with Crippen molar-refractivity contribution in [1.82, 2.24) is 0 Å². The molecule has 0 spiro atoms. The molecular formula is C22H21ClN2O4S. The van der Waals surface area contributed by atoms with Crippen LogP contribution in [0.5, 0.6) is 5.75 Å². The van der Waals surface area contributed by atoms with Gasteiger partial charge in [-0.05, 0) is 67.9 Å². The third kappa shape index (κ3) is 5.52. The molecule has 0 saturated heterocycles. The monoisotopic (exact) mass is 444 g/mol. The number of carbonyl (C=O) groups is 1. The quantitative estimate of drug-likeness (QED) is 0.545. The molecule has 0 saturated carbocycles. The number of halogens is 1. The molecule has 0 heterocycles. The third-order valence-corrected chi connectivity index (χ3v) is 5.92. The first-order chi connectivity index (χ1) is 14.2. The first-order valence-electron chi connectivity index (χ1n) is 9.16. The number of amides is 1. The number of aryl methyl sites for hydroxylation is 1. The molecule has 1 atom stereocenters. The number of sulfonamides is 1. The molecule has 8 heteroatoms. The summed E-state index contributed by atoms with van der Waals surface area (Å²) in [6.07, 6.45) is -0.769. The number of anilines is 2. The maximum Gasteiger partial charge on any atom is 0.265 e. The topological polar surface area (TPSA) is 84.5 Å². The highest BCUT2D eigenvalue weighted by Crippen LogP contribution is 2.21. The standard InChI is InChI=1S/C22H21ClN2O4S/c1-15-6-3-4-9-21(15)25-30(27,28)20-12-10-18(11-13-20)24-22(26)16(2)29-19-8-5-7-17(23)14-19/h3-14,16,25H,1-2H3,(H,24,26)/t16-/m1/s1. The van der Waals surface area contributed by atoms with E-state index in [1.54, 1.807) is 43.3 Å². The van der Waals surface area contributed by atoms with Crippen LogP contribution in [-0.2, 0) is 14.8 Å². The van der Waals surface area contributed by atoms with Crippen molar-refractivity contribution in [3.05, 3.63) is 83.4 Å². The normalized spacial score (nSPS) is 12.1. The van der Waals surface area contributed by atoms with E-state index in [0.717, 1.165) is 5.56 Å². The maximum absolute atomic E-state index is 12.6. The van der Waals surface area contributed by atoms with Gasteiger partial charge in [0.25, 0.3) is 15.9 Å². The van der Waals surface area contributed by atoms with Gasteiger partial charge in [-0.15, -0.1) is 0 Å². The average Bonchev–Trinajstić information content (AvgIpc) is 2.70. The maximum atomic E-state index is 12.6. The van der Waals surface area contributed by atoms with Gasteiger partial charge in [-0.1, -0.05) is 35.9 Å². The Bertz CT molecular complexity index is 1150. The molecule has 3 aromatic rings. The smallest absolute Gasteiger partial charge is 0.265 e. The molecule has 30 heavy (non-hydrogen) atoms. The van der Waals surface area contributed by atoms with E-state index in [9.17, 15) is 13.2 Å². The lowest BCUT2D eigenvalue weighted by atomic mass is 10.2. The zero-order valence-corrected chi connectivity index (χ0v) is 18.0. The Morgan fingerprint density at radius 1 is 1.00 bits per heavy atom. The highest BCUT2D eigenvalue weighted by molar-refractivity contribution is 7.92. The third-order valence-electron chi connectivity index (χ3n) is 4.30. The summed E-state index contributed by atoms with van der Waals surface area (Å²) in [5.41, 5.74) is 1.79. The zero-order chi connectivity index (χ0) is 21.7. The van der Waals surface area contributed by atoms with Gasteiger partial charge in [0.05, 0.1) is 10.6 Å². The van der Waals surface area contributed by atoms with Crippen molar-refractivity contribution < 1.29 is 17.9 Å². The number of carbonyl (C=O) groups excluding carboxylic acids is 1. The number of hydrogen-bond acceptors (Lipinski definition) is 4. The largest absolute Gasteiger partial charge is 0.481 e. The lowest BCUT2D eigenvalue weighted by molar-refractivity contribution is -0.122. The number of hydrogen-bond donors (Lipinski definition) is 2. The van der Waals surface area contributed by atoms with Crippen LogP contribution in [0.25, 0.3) is 0 Å². The highest BCUT2D eigenvalue weighted by atomic mass is 35.5. The van der Waals surface area contributed by atoms with Crippen molar-refractivity contribution in [2.45, 2.75) is 24.8 Å². The highest BCUT2D eigenvalue weighted by Gasteiger charge is 2.17. The SMILES string of the molecule is Cc1ccccc1NS(=O)(=O)c1ccc(NC(=O)[C@@H](C)Oc2cccc(Cl)c2)cc1. The number of nitrogens with one attached hydrogen (secondary N) is 2. The summed E-state index contributed by atoms with van der Waals surface area (Å²) in [5.74, 6) is 0.109. The summed E-state index contributed by atoms with van der Waals surface area (Å²) >= 11 is 5.91. The molecule has 0 fully saturated rings. The van der Waals surface area contributed by atoms with Gasteiger partial charge in [0.2, 0.25) is 0 Å². The first kappa shape index (κ1) is 21.7. The van der Waals surface area contributed by atoms with Crippen molar-refractivity contribution in [3.63, 3.8) is 0 Å². The Hall–Kier alpha value is -3.03. The zero-order valence-electron chi connectivity index (χ0n) is 16.4. The summed E-state index contributed by atoms with van der Waals surface area (Å²) in [5, 5.41) is 3.21. The van der Waals surface area contributed by atoms with E-state index >= 15 is 0 Å². The molecule has 6 nitrogen and oxygen atoms in total. The second-order valence-corrected chi connectivity index (χ2v) is 8.77. The first-order valence-corrected chi connectivity index (χ1v) is 11.0. The second-order valence-electron chi connectivity index (χ2n) is 6.65. The fourth-order valence-corrected chi connectivity index (χ4v) is 3.96. The van der Waals surface area contributed by atoms with Gasteiger partial charge in [0.15, 0.2) is 6.10 Å². The van der Waals surface area contributed by atoms with Crippen molar-refractivity contribution in [3.8, 4) is 5.75 Å². The molecular weight excluding hydrogens is 424 g/mol. The summed E-state index contributed by atoms with van der Waals surface area (Å²) in [6.45, 7) is 3.43. The molecule has 156 valence electrons. The van der Waals surface area contributed by atoms with Crippen molar-refractivity contribution >= 4 is 38.9 Å². The second kappa shape index (κ2) is 9.19. The van der Waals surface area contributed by atoms with Crippen LogP contribution in [0.4, 0.5) is 11.4 Å². The van der Waals surface area contributed by atoms with Gasteiger partial charge in [-0.2, -0.15) is 0 Å². The number of para-hydroxylation sites is 1. The number of benzene rings is 3. The fraction of sp³-hybridized carbons (Fsp3) is 0.136. The number of ether oxygens (including phenoxy) is 1. The van der Waals surface area contributed by atoms with Gasteiger partial charge >= 0.3 is 0 Å². The van der Waals surface area contributed by atoms with Crippen LogP contribution < -0.4 is 14.8 Å². The van der Waals surface area contributed by atoms with E-state index in [0.29, 0.717) is 22.1 Å². The molecule has 0 aliphatic rings. The van der Waals surface area contributed by atoms with Gasteiger partial charge in [-0.3, -0.25) is 9.52 Å². The molecule has 3 rings (SSSR count). The Kier molecular flexibility index (Phi) is 6.64. The molecule has 2 N–H and O–H groups in total. The minimum Gasteiger partial charge on any atom is -0.481 e. The van der Waals surface area contributed by atoms with Crippen molar-refractivity contribution in [2.75, 3.05) is 10.0 Å². The predicted octanol–water partition coefficient (Wildman–Crippen LogP) is 4.86. The lowest BCUT2D eigenvalue weighted by Crippen LogP contribution is -2.30. The van der Waals surface area contributed by atoms with E-state index in [1.807, 2.05) is 19.1 Å². The minimum atomic E-state index is -3.74. The molecule has 3 aromatic carbocycles. The van der Waals surface area contributed by atoms with E-state index in [2.05, 4.69) is 10.0 Å². The van der Waals surface area contributed by atoms with Crippen molar-refractivity contribution in [1.29, 1.82) is 0 Å². The Balaban J connectivity index is 1.65. The van der Waals surface area contributed by atoms with Crippen LogP contribution in [0.15, 0.2) is 77.7 Å². The fourth-order valence-electron chi connectivity index (χ4n) is 2.65. The van der Waals surface area contributed by atoms with Crippen LogP contribution in [0.1, 0.15) is 12.5 Å². The van der Waals surface area contributed by atoms with E-state index in [1.165, 1.54) is 24.3 Å². The van der Waals surface area contributed by atoms with Gasteiger partial charge in [0, 0.05) is 10.7 Å². The number of rotatable bonds is 7. The Labute approximate surface area is 180 Å². The van der Waals surface area contributed by atoms with Crippen LogP contribution in [0, 0.1) is 6.92 Å². The molecule has 0 bridgehead atoms. The molecule has 1 amide bonds. The van der Waals surface area contributed by atoms with Crippen LogP contribution in [-0.4, -0.2) is 20.4 Å². The van der Waals surface area contributed by atoms with Crippen molar-refractivity contribution in [2.24, 2.45) is 0 Å². The Morgan fingerprint density at radius 3 is 2.37 bits per heavy atom. The lowest BCUT2D eigenvalue weighted by Gasteiger charge is -2.15.